The number of aromatic nitrogens is 2. The Hall–Kier alpha value is -1.13. The molecule has 5 N–H and O–H groups in total. The Bertz CT molecular complexity index is 530. The van der Waals surface area contributed by atoms with Crippen LogP contribution < -0.4 is 11.2 Å². The van der Waals surface area contributed by atoms with Crippen molar-refractivity contribution < 1.29 is 20.4 Å². The second-order valence-electron chi connectivity index (χ2n) is 4.09. The van der Waals surface area contributed by atoms with E-state index in [0.29, 0.717) is 5.75 Å². The number of aliphatic hydroxyl groups excluding tert-OH is 4. The van der Waals surface area contributed by atoms with E-state index >= 15 is 0 Å². The van der Waals surface area contributed by atoms with E-state index in [2.05, 4.69) is 0 Å². The summed E-state index contributed by atoms with van der Waals surface area (Å²) in [5.74, 6) is 0.523. The summed E-state index contributed by atoms with van der Waals surface area (Å²) >= 11 is 1.15. The minimum absolute atomic E-state index is 0.523. The van der Waals surface area contributed by atoms with E-state index < -0.39 is 41.5 Å². The molecule has 0 saturated carbocycles. The van der Waals surface area contributed by atoms with Crippen LogP contribution in [0.3, 0.4) is 0 Å². The molecule has 1 heterocycles. The highest BCUT2D eigenvalue weighted by Crippen LogP contribution is 2.27. The van der Waals surface area contributed by atoms with E-state index in [1.165, 1.54) is 6.20 Å². The fraction of sp³-hybridized carbons (Fsp3) is 0.636. The summed E-state index contributed by atoms with van der Waals surface area (Å²) in [5, 5.41) is 37.0. The molecule has 1 rings (SSSR count). The van der Waals surface area contributed by atoms with Gasteiger partial charge in [-0.2, -0.15) is 0 Å². The highest BCUT2D eigenvalue weighted by atomic mass is 32.2. The third-order valence-corrected chi connectivity index (χ3v) is 3.87. The Labute approximate surface area is 118 Å². The summed E-state index contributed by atoms with van der Waals surface area (Å²) in [4.78, 5) is 24.8. The Balaban J connectivity index is 3.10. The first-order chi connectivity index (χ1) is 9.42. The molecule has 0 aliphatic carbocycles. The average Bonchev–Trinajstić information content (AvgIpc) is 2.43. The topological polar surface area (TPSA) is 136 Å². The molecule has 4 atom stereocenters. The number of aromatic amines is 1. The number of hydrogen-bond donors (Lipinski definition) is 5. The summed E-state index contributed by atoms with van der Waals surface area (Å²) in [7, 11) is 0. The molecule has 0 spiro atoms. The van der Waals surface area contributed by atoms with Gasteiger partial charge in [-0.3, -0.25) is 14.3 Å². The van der Waals surface area contributed by atoms with Gasteiger partial charge in [0.15, 0.2) is 0 Å². The van der Waals surface area contributed by atoms with Crippen LogP contribution >= 0.6 is 11.8 Å². The first kappa shape index (κ1) is 16.9. The Morgan fingerprint density at radius 2 is 1.95 bits per heavy atom. The zero-order chi connectivity index (χ0) is 15.3. The van der Waals surface area contributed by atoms with Crippen molar-refractivity contribution in [2.24, 2.45) is 0 Å². The molecular weight excluding hydrogens is 288 g/mol. The number of nitrogens with one attached hydrogen (secondary N) is 1. The number of hydrogen-bond acceptors (Lipinski definition) is 7. The normalized spacial score (nSPS) is 17.4. The van der Waals surface area contributed by atoms with E-state index in [1.54, 1.807) is 6.92 Å². The Kier molecular flexibility index (Phi) is 6.43. The SMILES string of the molecule is CCSC(C(O)C(O)C(O)CO)n1ccc(=O)[nH]c1=O. The lowest BCUT2D eigenvalue weighted by Crippen LogP contribution is -2.45. The molecule has 9 heteroatoms. The van der Waals surface area contributed by atoms with Crippen LogP contribution in [0.25, 0.3) is 0 Å². The van der Waals surface area contributed by atoms with Crippen molar-refractivity contribution in [3.05, 3.63) is 33.1 Å². The van der Waals surface area contributed by atoms with E-state index in [-0.39, 0.29) is 0 Å². The van der Waals surface area contributed by atoms with Gasteiger partial charge < -0.3 is 20.4 Å². The first-order valence-electron chi connectivity index (χ1n) is 6.00. The molecule has 114 valence electrons. The molecule has 0 saturated heterocycles. The molecule has 20 heavy (non-hydrogen) atoms. The van der Waals surface area contributed by atoms with Gasteiger partial charge >= 0.3 is 5.69 Å². The van der Waals surface area contributed by atoms with Crippen molar-refractivity contribution in [2.75, 3.05) is 12.4 Å². The predicted octanol–water partition coefficient (Wildman–Crippen LogP) is -2.14. The van der Waals surface area contributed by atoms with Crippen LogP contribution in [0.4, 0.5) is 0 Å². The molecule has 8 nitrogen and oxygen atoms in total. The van der Waals surface area contributed by atoms with Crippen molar-refractivity contribution in [1.29, 1.82) is 0 Å². The third-order valence-electron chi connectivity index (χ3n) is 2.69. The first-order valence-corrected chi connectivity index (χ1v) is 7.05. The van der Waals surface area contributed by atoms with Gasteiger partial charge in [-0.25, -0.2) is 4.79 Å². The fourth-order valence-electron chi connectivity index (χ4n) is 1.65. The Morgan fingerprint density at radius 1 is 1.30 bits per heavy atom. The minimum Gasteiger partial charge on any atom is -0.394 e. The summed E-state index contributed by atoms with van der Waals surface area (Å²) in [6.07, 6.45) is -3.44. The highest BCUT2D eigenvalue weighted by molar-refractivity contribution is 7.99. The van der Waals surface area contributed by atoms with Gasteiger partial charge in [0.2, 0.25) is 0 Å². The molecule has 0 fully saturated rings. The molecule has 1 aromatic rings. The van der Waals surface area contributed by atoms with Crippen LogP contribution in [-0.4, -0.2) is 60.6 Å². The van der Waals surface area contributed by atoms with E-state index in [9.17, 15) is 24.9 Å². The van der Waals surface area contributed by atoms with Gasteiger partial charge in [0.1, 0.15) is 23.7 Å². The maximum atomic E-state index is 11.7. The molecule has 0 aromatic carbocycles. The summed E-state index contributed by atoms with van der Waals surface area (Å²) in [5.41, 5.74) is -1.30. The van der Waals surface area contributed by atoms with Gasteiger partial charge in [0.25, 0.3) is 5.56 Å². The van der Waals surface area contributed by atoms with Crippen LogP contribution in [0.2, 0.25) is 0 Å². The van der Waals surface area contributed by atoms with Crippen molar-refractivity contribution in [3.8, 4) is 0 Å². The number of nitrogens with zero attached hydrogens (tertiary/aromatic N) is 1. The third kappa shape index (κ3) is 3.93. The number of H-pyrrole nitrogens is 1. The summed E-state index contributed by atoms with van der Waals surface area (Å²) < 4.78 is 1.06. The lowest BCUT2D eigenvalue weighted by molar-refractivity contribution is -0.0821. The van der Waals surface area contributed by atoms with Gasteiger partial charge in [-0.15, -0.1) is 11.8 Å². The average molecular weight is 306 g/mol. The number of thioether (sulfide) groups is 1. The van der Waals surface area contributed by atoms with Crippen LogP contribution in [-0.2, 0) is 0 Å². The van der Waals surface area contributed by atoms with E-state index in [4.69, 9.17) is 5.11 Å². The quantitative estimate of drug-likeness (QED) is 0.388. The molecule has 0 aliphatic heterocycles. The monoisotopic (exact) mass is 306 g/mol. The zero-order valence-electron chi connectivity index (χ0n) is 10.8. The van der Waals surface area contributed by atoms with Crippen molar-refractivity contribution in [3.63, 3.8) is 0 Å². The van der Waals surface area contributed by atoms with Gasteiger partial charge in [0.05, 0.1) is 6.61 Å². The van der Waals surface area contributed by atoms with Crippen LogP contribution in [0, 0.1) is 0 Å². The smallest absolute Gasteiger partial charge is 0.329 e. The number of rotatable bonds is 7. The standard InChI is InChI=1S/C11H18N2O6S/c1-2-20-10(9(18)8(17)6(15)5-14)13-4-3-7(16)12-11(13)19/h3-4,6,8-10,14-15,17-18H,2,5H2,1H3,(H,12,16,19). The largest absolute Gasteiger partial charge is 0.394 e. The maximum Gasteiger partial charge on any atom is 0.329 e. The van der Waals surface area contributed by atoms with E-state index in [1.807, 2.05) is 4.98 Å². The Morgan fingerprint density at radius 3 is 2.45 bits per heavy atom. The summed E-state index contributed by atoms with van der Waals surface area (Å²) in [6, 6.07) is 1.12. The second kappa shape index (κ2) is 7.60. The molecule has 0 aliphatic rings. The van der Waals surface area contributed by atoms with Crippen molar-refractivity contribution >= 4 is 11.8 Å². The molecular formula is C11H18N2O6S. The van der Waals surface area contributed by atoms with Crippen LogP contribution in [0.5, 0.6) is 0 Å². The number of aliphatic hydroxyl groups is 4. The van der Waals surface area contributed by atoms with Gasteiger partial charge in [0, 0.05) is 12.3 Å². The van der Waals surface area contributed by atoms with Gasteiger partial charge in [-0.1, -0.05) is 6.92 Å². The lowest BCUT2D eigenvalue weighted by Gasteiger charge is -2.29. The van der Waals surface area contributed by atoms with Crippen LogP contribution in [0.1, 0.15) is 12.3 Å². The molecule has 0 radical (unpaired) electrons. The van der Waals surface area contributed by atoms with Crippen molar-refractivity contribution in [2.45, 2.75) is 30.6 Å². The van der Waals surface area contributed by atoms with Crippen molar-refractivity contribution in [1.82, 2.24) is 9.55 Å². The second-order valence-corrected chi connectivity index (χ2v) is 5.49. The molecule has 0 amide bonds. The molecule has 4 unspecified atom stereocenters. The van der Waals surface area contributed by atoms with Gasteiger partial charge in [-0.05, 0) is 5.75 Å². The van der Waals surface area contributed by atoms with Crippen LogP contribution in [0.15, 0.2) is 21.9 Å². The zero-order valence-corrected chi connectivity index (χ0v) is 11.7. The summed E-state index contributed by atoms with van der Waals surface area (Å²) in [6.45, 7) is 1.07. The molecule has 0 bridgehead atoms. The minimum atomic E-state index is -1.62. The lowest BCUT2D eigenvalue weighted by atomic mass is 10.1. The fourth-order valence-corrected chi connectivity index (χ4v) is 2.67. The maximum absolute atomic E-state index is 11.7. The van der Waals surface area contributed by atoms with E-state index in [0.717, 1.165) is 22.4 Å². The predicted molar refractivity (Wildman–Crippen MR) is 73.6 cm³/mol. The highest BCUT2D eigenvalue weighted by Gasteiger charge is 2.32. The molecule has 1 aromatic heterocycles.